The zero-order valence-electron chi connectivity index (χ0n) is 21.9. The lowest BCUT2D eigenvalue weighted by Crippen LogP contribution is -2.48. The van der Waals surface area contributed by atoms with Crippen molar-refractivity contribution < 1.29 is 23.9 Å². The van der Waals surface area contributed by atoms with Gasteiger partial charge in [-0.2, -0.15) is 0 Å². The Morgan fingerprint density at radius 1 is 0.850 bits per heavy atom. The van der Waals surface area contributed by atoms with Crippen LogP contribution in [0, 0.1) is 5.41 Å². The van der Waals surface area contributed by atoms with Crippen LogP contribution in [0.15, 0.2) is 90.3 Å². The second-order valence-electron chi connectivity index (χ2n) is 10.2. The van der Waals surface area contributed by atoms with E-state index in [9.17, 15) is 14.4 Å². The highest BCUT2D eigenvalue weighted by molar-refractivity contribution is 7.12. The maximum absolute atomic E-state index is 14.7. The lowest BCUT2D eigenvalue weighted by molar-refractivity contribution is 0.0666. The van der Waals surface area contributed by atoms with Gasteiger partial charge in [0, 0.05) is 22.7 Å². The maximum atomic E-state index is 14.7. The summed E-state index contributed by atoms with van der Waals surface area (Å²) in [5.41, 5.74) is 1.67. The molecule has 1 aromatic heterocycles. The lowest BCUT2D eigenvalue weighted by atomic mass is 9.64. The molecule has 7 heteroatoms. The second-order valence-corrected chi connectivity index (χ2v) is 11.2. The third kappa shape index (κ3) is 3.12. The van der Waals surface area contributed by atoms with Crippen molar-refractivity contribution in [1.82, 2.24) is 0 Å². The van der Waals surface area contributed by atoms with E-state index < -0.39 is 23.4 Å². The topological polar surface area (TPSA) is 72.9 Å². The SMILES string of the molecule is COc1ccc([C@@H]2[C@@H](C(=O)c3cccs3)N3c4ccccc4C=C[C@@H]3C23C(=O)c2ccccc2C3=O)cc1OC. The first-order valence-electron chi connectivity index (χ1n) is 13.1. The summed E-state index contributed by atoms with van der Waals surface area (Å²) in [6.45, 7) is 0. The van der Waals surface area contributed by atoms with Crippen molar-refractivity contribution in [3.8, 4) is 11.5 Å². The molecule has 0 amide bonds. The van der Waals surface area contributed by atoms with Crippen molar-refractivity contribution in [3.05, 3.63) is 117 Å². The summed E-state index contributed by atoms with van der Waals surface area (Å²) < 4.78 is 11.1. The van der Waals surface area contributed by atoms with E-state index >= 15 is 0 Å². The van der Waals surface area contributed by atoms with Crippen LogP contribution in [0.1, 0.15) is 47.4 Å². The van der Waals surface area contributed by atoms with Gasteiger partial charge in [-0.15, -0.1) is 11.3 Å². The largest absolute Gasteiger partial charge is 0.493 e. The molecule has 3 aliphatic rings. The summed E-state index contributed by atoms with van der Waals surface area (Å²) in [5, 5.41) is 1.87. The zero-order valence-corrected chi connectivity index (χ0v) is 22.7. The van der Waals surface area contributed by atoms with Crippen molar-refractivity contribution in [2.75, 3.05) is 19.1 Å². The number of methoxy groups -OCH3 is 2. The number of hydrogen-bond acceptors (Lipinski definition) is 7. The maximum Gasteiger partial charge on any atom is 0.195 e. The van der Waals surface area contributed by atoms with E-state index in [0.29, 0.717) is 33.1 Å². The number of anilines is 1. The van der Waals surface area contributed by atoms with Gasteiger partial charge in [0.2, 0.25) is 0 Å². The van der Waals surface area contributed by atoms with Crippen molar-refractivity contribution in [2.24, 2.45) is 5.41 Å². The molecule has 1 fully saturated rings. The molecule has 1 spiro atoms. The molecule has 3 heterocycles. The third-order valence-corrected chi connectivity index (χ3v) is 9.40. The molecule has 6 nitrogen and oxygen atoms in total. The Bertz CT molecular complexity index is 1690. The Labute approximate surface area is 235 Å². The molecular formula is C33H25NO5S. The Morgan fingerprint density at radius 3 is 2.23 bits per heavy atom. The molecule has 0 radical (unpaired) electrons. The summed E-state index contributed by atoms with van der Waals surface area (Å²) in [6, 6.07) is 22.4. The molecule has 1 aliphatic carbocycles. The van der Waals surface area contributed by atoms with Gasteiger partial charge in [0.15, 0.2) is 28.8 Å². The number of rotatable bonds is 5. The highest BCUT2D eigenvalue weighted by Crippen LogP contribution is 2.61. The van der Waals surface area contributed by atoms with Crippen molar-refractivity contribution in [2.45, 2.75) is 18.0 Å². The van der Waals surface area contributed by atoms with Crippen LogP contribution >= 0.6 is 11.3 Å². The van der Waals surface area contributed by atoms with Crippen molar-refractivity contribution in [3.63, 3.8) is 0 Å². The number of carbonyl (C=O) groups is 3. The average molecular weight is 548 g/mol. The smallest absolute Gasteiger partial charge is 0.195 e. The number of thiophene rings is 1. The summed E-state index contributed by atoms with van der Waals surface area (Å²) in [5.74, 6) is -0.446. The number of benzene rings is 3. The number of para-hydroxylation sites is 1. The van der Waals surface area contributed by atoms with Crippen molar-refractivity contribution >= 4 is 40.4 Å². The monoisotopic (exact) mass is 547 g/mol. The minimum atomic E-state index is -1.55. The van der Waals surface area contributed by atoms with Gasteiger partial charge in [-0.25, -0.2) is 0 Å². The van der Waals surface area contributed by atoms with Gasteiger partial charge in [0.1, 0.15) is 11.5 Å². The number of Topliss-reactive ketones (excluding diaryl/α,β-unsaturated/α-hetero) is 3. The van der Waals surface area contributed by atoms with E-state index in [4.69, 9.17) is 9.47 Å². The van der Waals surface area contributed by atoms with Crippen LogP contribution in [0.4, 0.5) is 5.69 Å². The molecule has 0 N–H and O–H groups in total. The highest BCUT2D eigenvalue weighted by Gasteiger charge is 2.71. The van der Waals surface area contributed by atoms with Crippen molar-refractivity contribution in [1.29, 1.82) is 0 Å². The third-order valence-electron chi connectivity index (χ3n) is 8.51. The van der Waals surface area contributed by atoms with E-state index in [2.05, 4.69) is 0 Å². The highest BCUT2D eigenvalue weighted by atomic mass is 32.1. The normalized spacial score (nSPS) is 21.8. The molecule has 0 saturated carbocycles. The summed E-state index contributed by atoms with van der Waals surface area (Å²) >= 11 is 1.36. The lowest BCUT2D eigenvalue weighted by Gasteiger charge is -2.37. The Balaban J connectivity index is 1.56. The van der Waals surface area contributed by atoms with Gasteiger partial charge in [-0.1, -0.05) is 66.7 Å². The van der Waals surface area contributed by atoms with Gasteiger partial charge < -0.3 is 14.4 Å². The minimum Gasteiger partial charge on any atom is -0.493 e. The average Bonchev–Trinajstić information content (AvgIpc) is 3.70. The van der Waals surface area contributed by atoms with Gasteiger partial charge in [0.25, 0.3) is 0 Å². The van der Waals surface area contributed by atoms with E-state index in [0.717, 1.165) is 11.3 Å². The Kier molecular flexibility index (Phi) is 5.54. The van der Waals surface area contributed by atoms with Crippen LogP contribution in [-0.2, 0) is 0 Å². The Morgan fingerprint density at radius 2 is 1.55 bits per heavy atom. The summed E-state index contributed by atoms with van der Waals surface area (Å²) in [7, 11) is 3.10. The number of nitrogens with zero attached hydrogens (tertiary/aromatic N) is 1. The molecule has 7 rings (SSSR count). The van der Waals surface area contributed by atoms with Crippen LogP contribution in [-0.4, -0.2) is 43.7 Å². The number of fused-ring (bicyclic) bond motifs is 5. The Hall–Kier alpha value is -4.49. The fourth-order valence-corrected chi connectivity index (χ4v) is 7.60. The van der Waals surface area contributed by atoms with Gasteiger partial charge >= 0.3 is 0 Å². The molecule has 2 aliphatic heterocycles. The van der Waals surface area contributed by atoms with Crippen LogP contribution in [0.25, 0.3) is 6.08 Å². The number of carbonyl (C=O) groups excluding carboxylic acids is 3. The molecule has 40 heavy (non-hydrogen) atoms. The zero-order chi connectivity index (χ0) is 27.6. The molecule has 4 aromatic rings. The van der Waals surface area contributed by atoms with Gasteiger partial charge in [-0.3, -0.25) is 14.4 Å². The first-order chi connectivity index (χ1) is 19.5. The van der Waals surface area contributed by atoms with E-state index in [-0.39, 0.29) is 17.3 Å². The van der Waals surface area contributed by atoms with Crippen LogP contribution in [0.5, 0.6) is 11.5 Å². The molecule has 1 saturated heterocycles. The second kappa shape index (κ2) is 9.03. The van der Waals surface area contributed by atoms with E-state index in [1.54, 1.807) is 56.7 Å². The molecule has 3 atom stereocenters. The van der Waals surface area contributed by atoms with Crippen LogP contribution in [0.3, 0.4) is 0 Å². The fraction of sp³-hybridized carbons (Fsp3) is 0.182. The van der Waals surface area contributed by atoms with Crippen LogP contribution < -0.4 is 14.4 Å². The molecular weight excluding hydrogens is 522 g/mol. The molecule has 0 bridgehead atoms. The summed E-state index contributed by atoms with van der Waals surface area (Å²) in [6.07, 6.45) is 3.89. The quantitative estimate of drug-likeness (QED) is 0.223. The van der Waals surface area contributed by atoms with Gasteiger partial charge in [0.05, 0.1) is 25.1 Å². The standard InChI is InChI=1S/C33H25NO5S/c1-38-24-15-13-20(18-25(24)39-2)28-29(30(35)26-12-7-17-40-26)34-23-11-6-3-8-19(23)14-16-27(34)33(28)31(36)21-9-4-5-10-22(21)32(33)37/h3-18,27-29H,1-2H3/t27-,28-,29+/m1/s1. The first kappa shape index (κ1) is 24.5. The predicted molar refractivity (Wildman–Crippen MR) is 154 cm³/mol. The first-order valence-corrected chi connectivity index (χ1v) is 13.9. The van der Waals surface area contributed by atoms with E-state index in [1.807, 2.05) is 58.8 Å². The predicted octanol–water partition coefficient (Wildman–Crippen LogP) is 6.08. The number of hydrogen-bond donors (Lipinski definition) is 0. The number of ether oxygens (including phenoxy) is 2. The molecule has 3 aromatic carbocycles. The fourth-order valence-electron chi connectivity index (χ4n) is 6.90. The minimum absolute atomic E-state index is 0.127. The van der Waals surface area contributed by atoms with Crippen LogP contribution in [0.2, 0.25) is 0 Å². The van der Waals surface area contributed by atoms with Gasteiger partial charge in [-0.05, 0) is 40.8 Å². The molecule has 0 unspecified atom stereocenters. The molecule has 198 valence electrons. The number of ketones is 3. The summed E-state index contributed by atoms with van der Waals surface area (Å²) in [4.78, 5) is 46.5. The van der Waals surface area contributed by atoms with E-state index in [1.165, 1.54) is 11.3 Å².